The second-order valence-electron chi connectivity index (χ2n) is 9.92. The van der Waals surface area contributed by atoms with Crippen molar-refractivity contribution in [2.24, 2.45) is 23.0 Å². The highest BCUT2D eigenvalue weighted by Gasteiger charge is 2.43. The molecule has 0 saturated heterocycles. The van der Waals surface area contributed by atoms with E-state index in [0.717, 1.165) is 56.4 Å². The largest absolute Gasteiger partial charge is 0.493 e. The minimum absolute atomic E-state index is 0.0417. The van der Waals surface area contributed by atoms with Crippen molar-refractivity contribution in [3.8, 4) is 11.5 Å². The third kappa shape index (κ3) is 10.1. The Hall–Kier alpha value is -2.28. The molecule has 0 heterocycles. The summed E-state index contributed by atoms with van der Waals surface area (Å²) in [4.78, 5) is 24.2. The SMILES string of the molecule is COCCCOc1cc(CCCCCCC(C(=O)NCCC(N)=O)(C(C)C)C(C)C)ccc1OC. The Morgan fingerprint density at radius 1 is 0.943 bits per heavy atom. The zero-order chi connectivity index (χ0) is 26.3. The predicted octanol–water partition coefficient (Wildman–Crippen LogP) is 4.89. The number of amides is 2. The monoisotopic (exact) mass is 492 g/mol. The molecular formula is C28H48N2O5. The standard InChI is InChI=1S/C28H48N2O5/c1-21(2)28(22(3)4,27(32)30-17-15-26(29)31)16-10-8-7-9-12-23-13-14-24(34-6)25(20-23)35-19-11-18-33-5/h13-14,20-22H,7-12,15-19H2,1-6H3,(H2,29,31)(H,30,32). The van der Waals surface area contributed by atoms with Crippen molar-refractivity contribution in [3.63, 3.8) is 0 Å². The van der Waals surface area contributed by atoms with Crippen molar-refractivity contribution in [2.75, 3.05) is 34.0 Å². The van der Waals surface area contributed by atoms with Gasteiger partial charge in [0.25, 0.3) is 0 Å². The summed E-state index contributed by atoms with van der Waals surface area (Å²) in [5.74, 6) is 1.59. The van der Waals surface area contributed by atoms with Crippen LogP contribution in [0, 0.1) is 17.3 Å². The van der Waals surface area contributed by atoms with Crippen molar-refractivity contribution in [2.45, 2.75) is 79.1 Å². The lowest BCUT2D eigenvalue weighted by atomic mass is 9.65. The number of ether oxygens (including phenoxy) is 3. The van der Waals surface area contributed by atoms with E-state index in [2.05, 4.69) is 45.1 Å². The van der Waals surface area contributed by atoms with Crippen LogP contribution < -0.4 is 20.5 Å². The van der Waals surface area contributed by atoms with E-state index in [9.17, 15) is 9.59 Å². The number of hydrogen-bond donors (Lipinski definition) is 2. The van der Waals surface area contributed by atoms with Gasteiger partial charge < -0.3 is 25.3 Å². The molecule has 0 unspecified atom stereocenters. The minimum Gasteiger partial charge on any atom is -0.493 e. The molecule has 1 rings (SSSR count). The molecule has 2 amide bonds. The van der Waals surface area contributed by atoms with Crippen molar-refractivity contribution in [3.05, 3.63) is 23.8 Å². The molecule has 1 aromatic rings. The maximum Gasteiger partial charge on any atom is 0.226 e. The van der Waals surface area contributed by atoms with E-state index in [-0.39, 0.29) is 24.2 Å². The van der Waals surface area contributed by atoms with Crippen molar-refractivity contribution < 1.29 is 23.8 Å². The van der Waals surface area contributed by atoms with Gasteiger partial charge in [-0.2, -0.15) is 0 Å². The Morgan fingerprint density at radius 2 is 1.63 bits per heavy atom. The first-order valence-electron chi connectivity index (χ1n) is 13.0. The lowest BCUT2D eigenvalue weighted by molar-refractivity contribution is -0.137. The molecule has 0 aliphatic heterocycles. The van der Waals surface area contributed by atoms with E-state index in [1.165, 1.54) is 5.56 Å². The summed E-state index contributed by atoms with van der Waals surface area (Å²) in [5, 5.41) is 2.96. The first-order valence-corrected chi connectivity index (χ1v) is 13.0. The van der Waals surface area contributed by atoms with Gasteiger partial charge in [0.1, 0.15) is 0 Å². The third-order valence-electron chi connectivity index (χ3n) is 6.92. The summed E-state index contributed by atoms with van der Waals surface area (Å²) < 4.78 is 16.4. The minimum atomic E-state index is -0.442. The number of hydrogen-bond acceptors (Lipinski definition) is 5. The van der Waals surface area contributed by atoms with Crippen molar-refractivity contribution in [1.82, 2.24) is 5.32 Å². The lowest BCUT2D eigenvalue weighted by Gasteiger charge is -2.40. The van der Waals surface area contributed by atoms with Crippen LogP contribution in [0.2, 0.25) is 0 Å². The van der Waals surface area contributed by atoms with E-state index < -0.39 is 11.3 Å². The highest BCUT2D eigenvalue weighted by Crippen LogP contribution is 2.41. The molecule has 0 bridgehead atoms. The summed E-state index contributed by atoms with van der Waals surface area (Å²) >= 11 is 0. The van der Waals surface area contributed by atoms with E-state index >= 15 is 0 Å². The van der Waals surface area contributed by atoms with Crippen LogP contribution in [0.5, 0.6) is 11.5 Å². The van der Waals surface area contributed by atoms with Gasteiger partial charge in [-0.3, -0.25) is 9.59 Å². The molecule has 0 spiro atoms. The van der Waals surface area contributed by atoms with Crippen LogP contribution in [0.4, 0.5) is 0 Å². The first kappa shape index (κ1) is 30.8. The Kier molecular flexibility index (Phi) is 14.4. The van der Waals surface area contributed by atoms with E-state index in [1.807, 2.05) is 6.07 Å². The van der Waals surface area contributed by atoms with Gasteiger partial charge in [-0.1, -0.05) is 53.0 Å². The fourth-order valence-electron chi connectivity index (χ4n) is 4.82. The Bertz CT molecular complexity index is 756. The summed E-state index contributed by atoms with van der Waals surface area (Å²) in [6.07, 6.45) is 7.08. The van der Waals surface area contributed by atoms with Gasteiger partial charge in [0.05, 0.1) is 19.1 Å². The van der Waals surface area contributed by atoms with Gasteiger partial charge in [0.15, 0.2) is 11.5 Å². The molecular weight excluding hydrogens is 444 g/mol. The quantitative estimate of drug-likeness (QED) is 0.268. The summed E-state index contributed by atoms with van der Waals surface area (Å²) in [6, 6.07) is 6.14. The van der Waals surface area contributed by atoms with Crippen LogP contribution in [0.3, 0.4) is 0 Å². The van der Waals surface area contributed by atoms with Crippen LogP contribution >= 0.6 is 0 Å². The van der Waals surface area contributed by atoms with E-state index in [4.69, 9.17) is 19.9 Å². The smallest absolute Gasteiger partial charge is 0.226 e. The number of primary amides is 1. The maximum atomic E-state index is 13.1. The van der Waals surface area contributed by atoms with Crippen molar-refractivity contribution >= 4 is 11.8 Å². The normalized spacial score (nSPS) is 11.7. The topological polar surface area (TPSA) is 99.9 Å². The van der Waals surface area contributed by atoms with E-state index in [1.54, 1.807) is 14.2 Å². The number of methoxy groups -OCH3 is 2. The molecule has 0 aliphatic rings. The van der Waals surface area contributed by atoms with Gasteiger partial charge in [-0.15, -0.1) is 0 Å². The Morgan fingerprint density at radius 3 is 2.23 bits per heavy atom. The highest BCUT2D eigenvalue weighted by molar-refractivity contribution is 5.84. The summed E-state index contributed by atoms with van der Waals surface area (Å²) in [6.45, 7) is 10.0. The zero-order valence-corrected chi connectivity index (χ0v) is 22.8. The average Bonchev–Trinajstić information content (AvgIpc) is 2.80. The third-order valence-corrected chi connectivity index (χ3v) is 6.92. The molecule has 7 heteroatoms. The summed E-state index contributed by atoms with van der Waals surface area (Å²) in [7, 11) is 3.34. The molecule has 3 N–H and O–H groups in total. The average molecular weight is 493 g/mol. The highest BCUT2D eigenvalue weighted by atomic mass is 16.5. The molecule has 0 atom stereocenters. The van der Waals surface area contributed by atoms with Gasteiger partial charge in [0, 0.05) is 33.1 Å². The molecule has 35 heavy (non-hydrogen) atoms. The van der Waals surface area contributed by atoms with Crippen LogP contribution in [0.15, 0.2) is 18.2 Å². The summed E-state index contributed by atoms with van der Waals surface area (Å²) in [5.41, 5.74) is 6.02. The second kappa shape index (κ2) is 16.4. The van der Waals surface area contributed by atoms with Crippen molar-refractivity contribution in [1.29, 1.82) is 0 Å². The number of rotatable bonds is 19. The molecule has 7 nitrogen and oxygen atoms in total. The van der Waals surface area contributed by atoms with Crippen LogP contribution in [0.1, 0.15) is 78.2 Å². The Balaban J connectivity index is 2.57. The molecule has 1 aromatic carbocycles. The fraction of sp³-hybridized carbons (Fsp3) is 0.714. The molecule has 0 radical (unpaired) electrons. The number of aryl methyl sites for hydroxylation is 1. The number of nitrogens with two attached hydrogens (primary N) is 1. The molecule has 200 valence electrons. The maximum absolute atomic E-state index is 13.1. The number of benzene rings is 1. The molecule has 0 aliphatic carbocycles. The number of carbonyl (C=O) groups is 2. The van der Waals surface area contributed by atoms with Gasteiger partial charge >= 0.3 is 0 Å². The van der Waals surface area contributed by atoms with Gasteiger partial charge in [0.2, 0.25) is 11.8 Å². The van der Waals surface area contributed by atoms with Gasteiger partial charge in [-0.05, 0) is 48.8 Å². The van der Waals surface area contributed by atoms with Crippen LogP contribution in [-0.2, 0) is 20.7 Å². The predicted molar refractivity (Wildman–Crippen MR) is 141 cm³/mol. The lowest BCUT2D eigenvalue weighted by Crippen LogP contribution is -2.48. The first-order chi connectivity index (χ1) is 16.7. The Labute approximate surface area is 212 Å². The van der Waals surface area contributed by atoms with Crippen LogP contribution in [0.25, 0.3) is 0 Å². The zero-order valence-electron chi connectivity index (χ0n) is 22.8. The van der Waals surface area contributed by atoms with Crippen LogP contribution in [-0.4, -0.2) is 45.8 Å². The molecule has 0 saturated carbocycles. The number of carbonyl (C=O) groups excluding carboxylic acids is 2. The number of nitrogens with one attached hydrogen (secondary N) is 1. The van der Waals surface area contributed by atoms with Gasteiger partial charge in [-0.25, -0.2) is 0 Å². The fourth-order valence-corrected chi connectivity index (χ4v) is 4.82. The molecule has 0 aromatic heterocycles. The number of unbranched alkanes of at least 4 members (excludes halogenated alkanes) is 3. The van der Waals surface area contributed by atoms with E-state index in [0.29, 0.717) is 19.8 Å². The molecule has 0 fully saturated rings. The second-order valence-corrected chi connectivity index (χ2v) is 9.92.